The number of fused-ring (bicyclic) bond motifs is 1. The number of nitrogens with zero attached hydrogens (tertiary/aromatic N) is 4. The predicted octanol–water partition coefficient (Wildman–Crippen LogP) is 1.02. The lowest BCUT2D eigenvalue weighted by Gasteiger charge is -2.13. The van der Waals surface area contributed by atoms with Gasteiger partial charge in [0.2, 0.25) is 5.91 Å². The molecule has 0 aliphatic rings. The number of amides is 1. The molecule has 0 saturated heterocycles. The molecule has 1 amide bonds. The van der Waals surface area contributed by atoms with E-state index in [-0.39, 0.29) is 18.5 Å². The summed E-state index contributed by atoms with van der Waals surface area (Å²) in [7, 11) is 0. The minimum Gasteiger partial charge on any atom is -0.361 e. The van der Waals surface area contributed by atoms with Crippen LogP contribution in [-0.4, -0.2) is 38.1 Å². The molecule has 2 aromatic rings. The second-order valence-corrected chi connectivity index (χ2v) is 4.78. The first-order valence-electron chi connectivity index (χ1n) is 5.88. The minimum atomic E-state index is -0.101. The van der Waals surface area contributed by atoms with Crippen molar-refractivity contribution in [3.63, 3.8) is 0 Å². The predicted molar refractivity (Wildman–Crippen MR) is 72.3 cm³/mol. The zero-order valence-electron chi connectivity index (χ0n) is 10.9. The molecule has 0 spiro atoms. The van der Waals surface area contributed by atoms with Gasteiger partial charge in [-0.05, 0) is 20.8 Å². The molecule has 7 nitrogen and oxygen atoms in total. The summed E-state index contributed by atoms with van der Waals surface area (Å²) in [5.41, 5.74) is 0.719. The number of rotatable bonds is 4. The highest BCUT2D eigenvalue weighted by Gasteiger charge is 2.13. The summed E-state index contributed by atoms with van der Waals surface area (Å²) in [6.07, 6.45) is 1.39. The van der Waals surface area contributed by atoms with E-state index in [9.17, 15) is 4.79 Å². The molecule has 2 aromatic heterocycles. The molecular weight excluding hydrogens is 268 g/mol. The molecule has 0 saturated carbocycles. The SMILES string of the molecule is Cc1c(Cl)nc2ncnn2c1NCC(=O)NC(C)C. The van der Waals surface area contributed by atoms with Crippen LogP contribution in [0.25, 0.3) is 5.78 Å². The van der Waals surface area contributed by atoms with E-state index >= 15 is 0 Å². The number of carbonyl (C=O) groups excluding carboxylic acids is 1. The lowest BCUT2D eigenvalue weighted by molar-refractivity contribution is -0.119. The molecule has 0 atom stereocenters. The second kappa shape index (κ2) is 5.40. The molecule has 0 aliphatic carbocycles. The fourth-order valence-corrected chi connectivity index (χ4v) is 1.81. The standard InChI is InChI=1S/C11H15ClN6O/c1-6(2)16-8(19)4-13-10-7(3)9(12)17-11-14-5-15-18(10)11/h5-6,13H,4H2,1-3H3,(H,16,19). The van der Waals surface area contributed by atoms with Gasteiger partial charge >= 0.3 is 0 Å². The summed E-state index contributed by atoms with van der Waals surface area (Å²) in [5, 5.41) is 10.2. The van der Waals surface area contributed by atoms with Crippen LogP contribution in [0, 0.1) is 6.92 Å². The molecule has 0 unspecified atom stereocenters. The van der Waals surface area contributed by atoms with Crippen LogP contribution in [0.1, 0.15) is 19.4 Å². The van der Waals surface area contributed by atoms with Crippen LogP contribution in [0.4, 0.5) is 5.82 Å². The molecule has 2 heterocycles. The third kappa shape index (κ3) is 2.93. The first kappa shape index (κ1) is 13.5. The van der Waals surface area contributed by atoms with E-state index in [1.54, 1.807) is 6.92 Å². The fourth-order valence-electron chi connectivity index (χ4n) is 1.64. The summed E-state index contributed by atoms with van der Waals surface area (Å²) in [6, 6.07) is 0.0998. The lowest BCUT2D eigenvalue weighted by atomic mass is 10.3. The number of nitrogens with one attached hydrogen (secondary N) is 2. The van der Waals surface area contributed by atoms with Gasteiger partial charge in [-0.2, -0.15) is 19.6 Å². The Morgan fingerprint density at radius 2 is 2.26 bits per heavy atom. The van der Waals surface area contributed by atoms with Gasteiger partial charge in [0.1, 0.15) is 17.3 Å². The van der Waals surface area contributed by atoms with Crippen LogP contribution < -0.4 is 10.6 Å². The van der Waals surface area contributed by atoms with Crippen LogP contribution in [0.15, 0.2) is 6.33 Å². The molecule has 2 N–H and O–H groups in total. The fraction of sp³-hybridized carbons (Fsp3) is 0.455. The summed E-state index contributed by atoms with van der Waals surface area (Å²) in [5.74, 6) is 0.907. The number of anilines is 1. The van der Waals surface area contributed by atoms with E-state index in [0.717, 1.165) is 5.56 Å². The van der Waals surface area contributed by atoms with E-state index in [1.807, 2.05) is 13.8 Å². The van der Waals surface area contributed by atoms with Crippen molar-refractivity contribution in [2.75, 3.05) is 11.9 Å². The van der Waals surface area contributed by atoms with Crippen molar-refractivity contribution in [2.45, 2.75) is 26.8 Å². The van der Waals surface area contributed by atoms with Gasteiger partial charge < -0.3 is 10.6 Å². The maximum atomic E-state index is 11.6. The monoisotopic (exact) mass is 282 g/mol. The number of carbonyl (C=O) groups is 1. The average Bonchev–Trinajstić information content (AvgIpc) is 2.76. The Morgan fingerprint density at radius 3 is 2.95 bits per heavy atom. The van der Waals surface area contributed by atoms with Gasteiger partial charge in [0.05, 0.1) is 6.54 Å². The van der Waals surface area contributed by atoms with Crippen molar-refractivity contribution in [1.82, 2.24) is 24.9 Å². The Bertz CT molecular complexity index is 608. The molecule has 19 heavy (non-hydrogen) atoms. The normalized spacial score (nSPS) is 11.0. The third-order valence-corrected chi connectivity index (χ3v) is 2.84. The molecule has 2 rings (SSSR count). The van der Waals surface area contributed by atoms with E-state index in [0.29, 0.717) is 16.7 Å². The molecule has 102 valence electrons. The van der Waals surface area contributed by atoms with Gasteiger partial charge in [-0.3, -0.25) is 4.79 Å². The van der Waals surface area contributed by atoms with E-state index in [2.05, 4.69) is 25.7 Å². The average molecular weight is 283 g/mol. The Balaban J connectivity index is 2.22. The maximum Gasteiger partial charge on any atom is 0.255 e. The molecule has 0 aliphatic heterocycles. The smallest absolute Gasteiger partial charge is 0.255 e. The zero-order chi connectivity index (χ0) is 14.0. The minimum absolute atomic E-state index is 0.0998. The molecule has 0 radical (unpaired) electrons. The van der Waals surface area contributed by atoms with Crippen molar-refractivity contribution in [1.29, 1.82) is 0 Å². The largest absolute Gasteiger partial charge is 0.361 e. The quantitative estimate of drug-likeness (QED) is 0.818. The Hall–Kier alpha value is -1.89. The van der Waals surface area contributed by atoms with E-state index < -0.39 is 0 Å². The van der Waals surface area contributed by atoms with Crippen LogP contribution in [0.5, 0.6) is 0 Å². The highest BCUT2D eigenvalue weighted by Crippen LogP contribution is 2.21. The summed E-state index contributed by atoms with van der Waals surface area (Å²) in [6.45, 7) is 5.75. The summed E-state index contributed by atoms with van der Waals surface area (Å²) < 4.78 is 1.52. The van der Waals surface area contributed by atoms with Crippen LogP contribution in [0.3, 0.4) is 0 Å². The first-order chi connectivity index (χ1) is 8.99. The number of hydrogen-bond acceptors (Lipinski definition) is 5. The Kier molecular flexibility index (Phi) is 3.84. The lowest BCUT2D eigenvalue weighted by Crippen LogP contribution is -2.35. The molecule has 0 bridgehead atoms. The Morgan fingerprint density at radius 1 is 1.53 bits per heavy atom. The van der Waals surface area contributed by atoms with Crippen LogP contribution >= 0.6 is 11.6 Å². The van der Waals surface area contributed by atoms with Gasteiger partial charge in [-0.15, -0.1) is 0 Å². The first-order valence-corrected chi connectivity index (χ1v) is 6.26. The van der Waals surface area contributed by atoms with Crippen LogP contribution in [0.2, 0.25) is 5.15 Å². The Labute approximate surface area is 115 Å². The van der Waals surface area contributed by atoms with Gasteiger partial charge in [0, 0.05) is 11.6 Å². The van der Waals surface area contributed by atoms with Crippen molar-refractivity contribution in [2.24, 2.45) is 0 Å². The molecule has 8 heteroatoms. The highest BCUT2D eigenvalue weighted by atomic mass is 35.5. The second-order valence-electron chi connectivity index (χ2n) is 4.42. The van der Waals surface area contributed by atoms with Crippen molar-refractivity contribution in [3.05, 3.63) is 17.0 Å². The van der Waals surface area contributed by atoms with E-state index in [4.69, 9.17) is 11.6 Å². The van der Waals surface area contributed by atoms with Gasteiger partial charge in [-0.25, -0.2) is 0 Å². The third-order valence-electron chi connectivity index (χ3n) is 2.47. The van der Waals surface area contributed by atoms with Crippen molar-refractivity contribution < 1.29 is 4.79 Å². The molecular formula is C11H15ClN6O. The van der Waals surface area contributed by atoms with Crippen molar-refractivity contribution >= 4 is 29.1 Å². The maximum absolute atomic E-state index is 11.6. The topological polar surface area (TPSA) is 84.2 Å². The number of hydrogen-bond donors (Lipinski definition) is 2. The number of halogens is 1. The summed E-state index contributed by atoms with van der Waals surface area (Å²) in [4.78, 5) is 19.7. The number of aromatic nitrogens is 4. The molecule has 0 fully saturated rings. The highest BCUT2D eigenvalue weighted by molar-refractivity contribution is 6.30. The van der Waals surface area contributed by atoms with Crippen molar-refractivity contribution in [3.8, 4) is 0 Å². The van der Waals surface area contributed by atoms with Crippen LogP contribution in [-0.2, 0) is 4.79 Å². The van der Waals surface area contributed by atoms with Gasteiger partial charge in [0.25, 0.3) is 5.78 Å². The molecule has 0 aromatic carbocycles. The van der Waals surface area contributed by atoms with Gasteiger partial charge in [-0.1, -0.05) is 11.6 Å². The van der Waals surface area contributed by atoms with Gasteiger partial charge in [0.15, 0.2) is 0 Å². The van der Waals surface area contributed by atoms with E-state index in [1.165, 1.54) is 10.8 Å². The zero-order valence-corrected chi connectivity index (χ0v) is 11.7. The summed E-state index contributed by atoms with van der Waals surface area (Å²) >= 11 is 6.02.